The van der Waals surface area contributed by atoms with Crippen molar-refractivity contribution in [1.29, 1.82) is 0 Å². The Morgan fingerprint density at radius 1 is 0.808 bits per heavy atom. The van der Waals surface area contributed by atoms with Gasteiger partial charge in [-0.1, -0.05) is 66.2 Å². The fraction of sp³-hybridized carbons (Fsp3) is 0.200. The number of ether oxygens (including phenoxy) is 3. The maximum Gasteiger partial charge on any atom is 0.286 e. The SMILES string of the molecule is COc1ccc(C(NC2=N[C@@H](c3cc(-c4nc5ccc(Cl)cc5o4)c(F)cc3F)C(CF)(CF)CO2)(c2ccccc2)c2ccc(OC)cc2)cc1. The first kappa shape index (κ1) is 34.9. The van der Waals surface area contributed by atoms with Gasteiger partial charge in [0.1, 0.15) is 54.1 Å². The monoisotopic (exact) mass is 729 g/mol. The molecule has 0 aliphatic carbocycles. The summed E-state index contributed by atoms with van der Waals surface area (Å²) >= 11 is 6.09. The molecule has 7 rings (SSSR count). The molecule has 0 radical (unpaired) electrons. The molecule has 5 aromatic carbocycles. The lowest BCUT2D eigenvalue weighted by Gasteiger charge is -2.42. The summed E-state index contributed by atoms with van der Waals surface area (Å²) in [6, 6.07) is 29.0. The minimum absolute atomic E-state index is 0.125. The Labute approximate surface area is 301 Å². The summed E-state index contributed by atoms with van der Waals surface area (Å²) < 4.78 is 84.0. The number of alkyl halides is 2. The zero-order chi connectivity index (χ0) is 36.5. The van der Waals surface area contributed by atoms with Gasteiger partial charge in [-0.2, -0.15) is 0 Å². The molecule has 52 heavy (non-hydrogen) atoms. The number of nitrogens with one attached hydrogen (secondary N) is 1. The first-order valence-corrected chi connectivity index (χ1v) is 16.6. The second-order valence-electron chi connectivity index (χ2n) is 12.4. The van der Waals surface area contributed by atoms with Crippen molar-refractivity contribution in [2.24, 2.45) is 10.4 Å². The normalized spacial score (nSPS) is 15.5. The quantitative estimate of drug-likeness (QED) is 0.112. The fourth-order valence-corrected chi connectivity index (χ4v) is 6.67. The van der Waals surface area contributed by atoms with Gasteiger partial charge in [-0.05, 0) is 59.2 Å². The largest absolute Gasteiger partial charge is 0.497 e. The highest BCUT2D eigenvalue weighted by Crippen LogP contribution is 2.45. The van der Waals surface area contributed by atoms with Crippen LogP contribution in [0.25, 0.3) is 22.6 Å². The van der Waals surface area contributed by atoms with Crippen molar-refractivity contribution in [3.05, 3.63) is 148 Å². The van der Waals surface area contributed by atoms with E-state index >= 15 is 17.6 Å². The lowest BCUT2D eigenvalue weighted by Crippen LogP contribution is -2.52. The molecule has 1 atom stereocenters. The highest BCUT2D eigenvalue weighted by atomic mass is 35.5. The Hall–Kier alpha value is -5.55. The number of hydrogen-bond acceptors (Lipinski definition) is 7. The van der Waals surface area contributed by atoms with Gasteiger partial charge in [0.2, 0.25) is 5.89 Å². The fourth-order valence-electron chi connectivity index (χ4n) is 6.51. The first-order chi connectivity index (χ1) is 25.2. The van der Waals surface area contributed by atoms with Crippen molar-refractivity contribution in [2.75, 3.05) is 34.2 Å². The van der Waals surface area contributed by atoms with Gasteiger partial charge in [0.05, 0.1) is 31.2 Å². The molecular formula is C40H32ClF4N3O4. The highest BCUT2D eigenvalue weighted by molar-refractivity contribution is 6.31. The van der Waals surface area contributed by atoms with Crippen LogP contribution in [-0.4, -0.2) is 45.2 Å². The summed E-state index contributed by atoms with van der Waals surface area (Å²) in [5.41, 5.74) is -0.774. The van der Waals surface area contributed by atoms with E-state index in [2.05, 4.69) is 15.3 Å². The van der Waals surface area contributed by atoms with E-state index in [9.17, 15) is 0 Å². The van der Waals surface area contributed by atoms with Crippen LogP contribution >= 0.6 is 11.6 Å². The maximum absolute atomic E-state index is 15.9. The van der Waals surface area contributed by atoms with Gasteiger partial charge in [0.25, 0.3) is 6.02 Å². The molecule has 2 heterocycles. The van der Waals surface area contributed by atoms with E-state index in [0.717, 1.165) is 22.8 Å². The number of amidine groups is 1. The van der Waals surface area contributed by atoms with Gasteiger partial charge in [-0.25, -0.2) is 18.8 Å². The zero-order valence-electron chi connectivity index (χ0n) is 28.0. The molecule has 0 amide bonds. The molecular weight excluding hydrogens is 698 g/mol. The number of nitrogens with zero attached hydrogens (tertiary/aromatic N) is 2. The Balaban J connectivity index is 1.41. The summed E-state index contributed by atoms with van der Waals surface area (Å²) in [5, 5.41) is 3.81. The van der Waals surface area contributed by atoms with Gasteiger partial charge >= 0.3 is 0 Å². The predicted octanol–water partition coefficient (Wildman–Crippen LogP) is 9.38. The van der Waals surface area contributed by atoms with Crippen molar-refractivity contribution in [3.63, 3.8) is 0 Å². The second-order valence-corrected chi connectivity index (χ2v) is 12.9. The predicted molar refractivity (Wildman–Crippen MR) is 190 cm³/mol. The van der Waals surface area contributed by atoms with E-state index < -0.39 is 48.6 Å². The molecule has 1 N–H and O–H groups in total. The second kappa shape index (κ2) is 14.2. The Morgan fingerprint density at radius 3 is 2.02 bits per heavy atom. The van der Waals surface area contributed by atoms with E-state index in [0.29, 0.717) is 28.1 Å². The maximum atomic E-state index is 15.9. The minimum Gasteiger partial charge on any atom is -0.497 e. The standard InChI is InChI=1S/C40H32ClF4N3O4/c1-49-28-13-8-25(9-14-28)40(24-6-4-3-5-7-24,26-10-15-29(50-2)16-11-26)48-38-47-36(39(21-42,22-43)23-51-38)30-19-31(33(45)20-32(30)44)37-46-34-17-12-27(41)18-35(34)52-37/h3-20,36H,21-23H2,1-2H3,(H,47,48)/t36-/m0/s1. The molecule has 7 nitrogen and oxygen atoms in total. The molecule has 0 saturated carbocycles. The number of oxazole rings is 1. The summed E-state index contributed by atoms with van der Waals surface area (Å²) in [5.74, 6) is -0.972. The molecule has 0 fully saturated rings. The summed E-state index contributed by atoms with van der Waals surface area (Å²) in [6.07, 6.45) is 0. The molecule has 266 valence electrons. The smallest absolute Gasteiger partial charge is 0.286 e. The van der Waals surface area contributed by atoms with Crippen LogP contribution in [0.15, 0.2) is 119 Å². The minimum atomic E-state index is -1.94. The van der Waals surface area contributed by atoms with Gasteiger partial charge in [-0.3, -0.25) is 8.78 Å². The van der Waals surface area contributed by atoms with Gasteiger partial charge < -0.3 is 23.9 Å². The van der Waals surface area contributed by atoms with E-state index in [1.807, 2.05) is 54.6 Å². The van der Waals surface area contributed by atoms with Crippen LogP contribution in [0.1, 0.15) is 28.3 Å². The summed E-state index contributed by atoms with van der Waals surface area (Å²) in [7, 11) is 3.13. The van der Waals surface area contributed by atoms with Crippen LogP contribution in [0.3, 0.4) is 0 Å². The number of fused-ring (bicyclic) bond motifs is 1. The number of hydrogen-bond donors (Lipinski definition) is 1. The van der Waals surface area contributed by atoms with Crippen molar-refractivity contribution < 1.29 is 36.2 Å². The Morgan fingerprint density at radius 2 is 1.42 bits per heavy atom. The third-order valence-corrected chi connectivity index (χ3v) is 9.60. The van der Waals surface area contributed by atoms with Gasteiger partial charge in [0.15, 0.2) is 5.58 Å². The van der Waals surface area contributed by atoms with E-state index in [1.165, 1.54) is 6.07 Å². The number of methoxy groups -OCH3 is 2. The molecule has 1 aromatic heterocycles. The molecule has 6 aromatic rings. The molecule has 12 heteroatoms. The molecule has 0 bridgehead atoms. The summed E-state index contributed by atoms with van der Waals surface area (Å²) in [4.78, 5) is 9.02. The third-order valence-electron chi connectivity index (χ3n) is 9.36. The van der Waals surface area contributed by atoms with Crippen molar-refractivity contribution in [2.45, 2.75) is 11.6 Å². The molecule has 1 aliphatic heterocycles. The van der Waals surface area contributed by atoms with Crippen LogP contribution in [0.4, 0.5) is 17.6 Å². The average Bonchev–Trinajstić information content (AvgIpc) is 3.60. The van der Waals surface area contributed by atoms with E-state index in [1.54, 1.807) is 50.6 Å². The number of benzene rings is 5. The molecule has 0 unspecified atom stereocenters. The van der Waals surface area contributed by atoms with Crippen molar-refractivity contribution in [1.82, 2.24) is 10.3 Å². The average molecular weight is 730 g/mol. The van der Waals surface area contributed by atoms with Crippen molar-refractivity contribution >= 4 is 28.7 Å². The summed E-state index contributed by atoms with van der Waals surface area (Å²) in [6.45, 7) is -3.02. The number of aliphatic imine (C=N–C) groups is 1. The molecule has 0 spiro atoms. The number of aromatic nitrogens is 1. The molecule has 0 saturated heterocycles. The lowest BCUT2D eigenvalue weighted by atomic mass is 9.76. The third kappa shape index (κ3) is 6.19. The topological polar surface area (TPSA) is 78.1 Å². The first-order valence-electron chi connectivity index (χ1n) is 16.2. The van der Waals surface area contributed by atoms with Crippen LogP contribution in [0, 0.1) is 17.0 Å². The van der Waals surface area contributed by atoms with Crippen molar-refractivity contribution in [3.8, 4) is 23.0 Å². The lowest BCUT2D eigenvalue weighted by molar-refractivity contribution is 0.0267. The Kier molecular flexibility index (Phi) is 9.54. The van der Waals surface area contributed by atoms with Crippen LogP contribution in [0.2, 0.25) is 5.02 Å². The van der Waals surface area contributed by atoms with E-state index in [4.69, 9.17) is 30.2 Å². The highest BCUT2D eigenvalue weighted by Gasteiger charge is 2.48. The number of rotatable bonds is 10. The van der Waals surface area contributed by atoms with E-state index in [-0.39, 0.29) is 28.6 Å². The zero-order valence-corrected chi connectivity index (χ0v) is 28.8. The van der Waals surface area contributed by atoms with Crippen LogP contribution in [0.5, 0.6) is 11.5 Å². The van der Waals surface area contributed by atoms with Crippen LogP contribution < -0.4 is 14.8 Å². The molecule has 1 aliphatic rings. The van der Waals surface area contributed by atoms with Gasteiger partial charge in [0, 0.05) is 22.7 Å². The Bertz CT molecular complexity index is 2180. The van der Waals surface area contributed by atoms with Gasteiger partial charge in [-0.15, -0.1) is 0 Å². The number of halogens is 5. The van der Waals surface area contributed by atoms with Crippen LogP contribution in [-0.2, 0) is 10.3 Å².